The average molecular weight is 336 g/mol. The summed E-state index contributed by atoms with van der Waals surface area (Å²) in [6.07, 6.45) is 1.60. The van der Waals surface area contributed by atoms with Crippen molar-refractivity contribution in [2.75, 3.05) is 17.2 Å². The minimum atomic E-state index is -1.61. The molecule has 2 rings (SSSR count). The maximum absolute atomic E-state index is 13.6. The number of hydrogen-bond acceptors (Lipinski definition) is 2. The monoisotopic (exact) mass is 336 g/mol. The zero-order valence-corrected chi connectivity index (χ0v) is 13.6. The Morgan fingerprint density at radius 2 is 1.58 bits per heavy atom. The summed E-state index contributed by atoms with van der Waals surface area (Å²) in [5.74, 6) is -4.86. The van der Waals surface area contributed by atoms with Crippen LogP contribution in [0.2, 0.25) is 0 Å². The van der Waals surface area contributed by atoms with Gasteiger partial charge in [0.2, 0.25) is 5.91 Å². The van der Waals surface area contributed by atoms with Crippen molar-refractivity contribution in [3.05, 3.63) is 58.9 Å². The maximum atomic E-state index is 13.6. The van der Waals surface area contributed by atoms with Gasteiger partial charge in [-0.25, -0.2) is 13.2 Å². The number of aryl methyl sites for hydroxylation is 2. The Labute approximate surface area is 138 Å². The van der Waals surface area contributed by atoms with Crippen LogP contribution in [0.5, 0.6) is 0 Å². The van der Waals surface area contributed by atoms with E-state index in [9.17, 15) is 18.0 Å². The second-order valence-electron chi connectivity index (χ2n) is 5.28. The van der Waals surface area contributed by atoms with Gasteiger partial charge in [-0.2, -0.15) is 0 Å². The van der Waals surface area contributed by atoms with Crippen molar-refractivity contribution < 1.29 is 18.0 Å². The highest BCUT2D eigenvalue weighted by Crippen LogP contribution is 2.23. The van der Waals surface area contributed by atoms with Gasteiger partial charge in [-0.1, -0.05) is 32.0 Å². The van der Waals surface area contributed by atoms with Crippen molar-refractivity contribution in [2.45, 2.75) is 26.7 Å². The topological polar surface area (TPSA) is 41.1 Å². The van der Waals surface area contributed by atoms with Gasteiger partial charge >= 0.3 is 0 Å². The SMILES string of the molecule is CCc1cccc(CC)c1NCC(=O)Nc1ccc(F)c(F)c1F. The fourth-order valence-electron chi connectivity index (χ4n) is 2.46. The summed E-state index contributed by atoms with van der Waals surface area (Å²) in [4.78, 5) is 12.0. The normalized spacial score (nSPS) is 10.5. The van der Waals surface area contributed by atoms with Crippen molar-refractivity contribution in [2.24, 2.45) is 0 Å². The Morgan fingerprint density at radius 1 is 0.958 bits per heavy atom. The highest BCUT2D eigenvalue weighted by atomic mass is 19.2. The molecule has 3 nitrogen and oxygen atoms in total. The Bertz CT molecular complexity index is 725. The number of benzene rings is 2. The third-order valence-electron chi connectivity index (χ3n) is 3.73. The summed E-state index contributed by atoms with van der Waals surface area (Å²) in [5, 5.41) is 5.29. The quantitative estimate of drug-likeness (QED) is 0.773. The molecule has 0 aliphatic rings. The van der Waals surface area contributed by atoms with Crippen molar-refractivity contribution >= 4 is 17.3 Å². The standard InChI is InChI=1S/C18H19F3N2O/c1-3-11-6-5-7-12(4-2)18(11)22-10-15(24)23-14-9-8-13(19)16(20)17(14)21/h5-9,22H,3-4,10H2,1-2H3,(H,23,24). The van der Waals surface area contributed by atoms with E-state index in [4.69, 9.17) is 0 Å². The van der Waals surface area contributed by atoms with E-state index in [2.05, 4.69) is 10.6 Å². The molecule has 2 N–H and O–H groups in total. The molecule has 0 spiro atoms. The predicted molar refractivity (Wildman–Crippen MR) is 88.6 cm³/mol. The van der Waals surface area contributed by atoms with Gasteiger partial charge in [0, 0.05) is 5.69 Å². The van der Waals surface area contributed by atoms with E-state index in [0.29, 0.717) is 0 Å². The molecule has 0 saturated carbocycles. The number of rotatable bonds is 6. The van der Waals surface area contributed by atoms with Crippen molar-refractivity contribution in [1.82, 2.24) is 0 Å². The largest absolute Gasteiger partial charge is 0.376 e. The maximum Gasteiger partial charge on any atom is 0.243 e. The number of halogens is 3. The van der Waals surface area contributed by atoms with Crippen molar-refractivity contribution in [3.8, 4) is 0 Å². The molecule has 0 unspecified atom stereocenters. The molecule has 1 amide bonds. The summed E-state index contributed by atoms with van der Waals surface area (Å²) >= 11 is 0. The molecule has 24 heavy (non-hydrogen) atoms. The van der Waals surface area contributed by atoms with Gasteiger partial charge in [-0.15, -0.1) is 0 Å². The molecule has 6 heteroatoms. The number of nitrogens with one attached hydrogen (secondary N) is 2. The summed E-state index contributed by atoms with van der Waals surface area (Å²) in [6, 6.07) is 7.65. The van der Waals surface area contributed by atoms with Crippen LogP contribution in [0.25, 0.3) is 0 Å². The molecule has 2 aromatic carbocycles. The first kappa shape index (κ1) is 17.8. The van der Waals surface area contributed by atoms with E-state index < -0.39 is 23.4 Å². The van der Waals surface area contributed by atoms with E-state index >= 15 is 0 Å². The fraction of sp³-hybridized carbons (Fsp3) is 0.278. The van der Waals surface area contributed by atoms with Crippen LogP contribution >= 0.6 is 0 Å². The van der Waals surface area contributed by atoms with Crippen LogP contribution in [0.15, 0.2) is 30.3 Å². The molecule has 0 aliphatic heterocycles. The van der Waals surface area contributed by atoms with Gasteiger partial charge in [0.25, 0.3) is 0 Å². The number of carbonyl (C=O) groups is 1. The van der Waals surface area contributed by atoms with Gasteiger partial charge in [0.1, 0.15) is 0 Å². The fourth-order valence-corrected chi connectivity index (χ4v) is 2.46. The summed E-state index contributed by atoms with van der Waals surface area (Å²) < 4.78 is 39.6. The second-order valence-corrected chi connectivity index (χ2v) is 5.28. The first-order chi connectivity index (χ1) is 11.5. The summed E-state index contributed by atoms with van der Waals surface area (Å²) in [5.41, 5.74) is 2.63. The zero-order chi connectivity index (χ0) is 17.7. The van der Waals surface area contributed by atoms with E-state index in [1.54, 1.807) is 0 Å². The molecule has 0 aromatic heterocycles. The van der Waals surface area contributed by atoms with Crippen molar-refractivity contribution in [1.29, 1.82) is 0 Å². The number of anilines is 2. The van der Waals surface area contributed by atoms with Crippen molar-refractivity contribution in [3.63, 3.8) is 0 Å². The van der Waals surface area contributed by atoms with Crippen LogP contribution in [0, 0.1) is 17.5 Å². The Morgan fingerprint density at radius 3 is 2.17 bits per heavy atom. The molecule has 0 aliphatic carbocycles. The van der Waals surface area contributed by atoms with Crippen LogP contribution in [0.4, 0.5) is 24.5 Å². The second kappa shape index (κ2) is 7.86. The minimum absolute atomic E-state index is 0.109. The van der Waals surface area contributed by atoms with Gasteiger partial charge < -0.3 is 10.6 Å². The Hall–Kier alpha value is -2.50. The predicted octanol–water partition coefficient (Wildman–Crippen LogP) is 4.28. The van der Waals surface area contributed by atoms with E-state index in [1.165, 1.54) is 0 Å². The number of amides is 1. The molecule has 0 heterocycles. The van der Waals surface area contributed by atoms with Gasteiger partial charge in [-0.3, -0.25) is 4.79 Å². The van der Waals surface area contributed by atoms with E-state index in [1.807, 2.05) is 32.0 Å². The van der Waals surface area contributed by atoms with E-state index in [-0.39, 0.29) is 12.2 Å². The van der Waals surface area contributed by atoms with Gasteiger partial charge in [-0.05, 0) is 36.1 Å². The van der Waals surface area contributed by atoms with Gasteiger partial charge in [0.15, 0.2) is 17.5 Å². The average Bonchev–Trinajstić information content (AvgIpc) is 2.60. The highest BCUT2D eigenvalue weighted by Gasteiger charge is 2.15. The van der Waals surface area contributed by atoms with Crippen LogP contribution in [0.3, 0.4) is 0 Å². The molecule has 0 radical (unpaired) electrons. The number of hydrogen-bond donors (Lipinski definition) is 2. The highest BCUT2D eigenvalue weighted by molar-refractivity contribution is 5.94. The molecule has 128 valence electrons. The lowest BCUT2D eigenvalue weighted by Gasteiger charge is -2.15. The number of para-hydroxylation sites is 1. The van der Waals surface area contributed by atoms with Crippen LogP contribution in [-0.4, -0.2) is 12.5 Å². The van der Waals surface area contributed by atoms with E-state index in [0.717, 1.165) is 41.8 Å². The molecule has 0 fully saturated rings. The third kappa shape index (κ3) is 3.88. The first-order valence-electron chi connectivity index (χ1n) is 7.75. The lowest BCUT2D eigenvalue weighted by molar-refractivity contribution is -0.114. The molecular formula is C18H19F3N2O. The van der Waals surface area contributed by atoms with Crippen LogP contribution in [0.1, 0.15) is 25.0 Å². The first-order valence-corrected chi connectivity index (χ1v) is 7.75. The Kier molecular flexibility index (Phi) is 5.84. The molecular weight excluding hydrogens is 317 g/mol. The third-order valence-corrected chi connectivity index (χ3v) is 3.73. The molecule has 2 aromatic rings. The molecule has 0 saturated heterocycles. The minimum Gasteiger partial charge on any atom is -0.376 e. The lowest BCUT2D eigenvalue weighted by atomic mass is 10.0. The lowest BCUT2D eigenvalue weighted by Crippen LogP contribution is -2.23. The Balaban J connectivity index is 2.08. The van der Waals surface area contributed by atoms with Crippen LogP contribution in [-0.2, 0) is 17.6 Å². The molecule has 0 bridgehead atoms. The zero-order valence-electron chi connectivity index (χ0n) is 13.6. The smallest absolute Gasteiger partial charge is 0.243 e. The van der Waals surface area contributed by atoms with Gasteiger partial charge in [0.05, 0.1) is 12.2 Å². The summed E-state index contributed by atoms with van der Waals surface area (Å²) in [6.45, 7) is 3.91. The summed E-state index contributed by atoms with van der Waals surface area (Å²) in [7, 11) is 0. The molecule has 0 atom stereocenters. The van der Waals surface area contributed by atoms with Crippen LogP contribution < -0.4 is 10.6 Å². The number of carbonyl (C=O) groups excluding carboxylic acids is 1.